The zero-order chi connectivity index (χ0) is 16.9. The van der Waals surface area contributed by atoms with Gasteiger partial charge in [-0.05, 0) is 43.0 Å². The number of thiophene rings is 1. The Bertz CT molecular complexity index is 852. The molecule has 0 aliphatic rings. The number of hydrogen-bond acceptors (Lipinski definition) is 3. The number of aromatic nitrogens is 2. The fourth-order valence-electron chi connectivity index (χ4n) is 2.73. The maximum Gasteiger partial charge on any atom is 0.191 e. The van der Waals surface area contributed by atoms with Crippen molar-refractivity contribution in [1.29, 1.82) is 0 Å². The average Bonchev–Trinajstić information content (AvgIpc) is 3.13. The van der Waals surface area contributed by atoms with Crippen LogP contribution in [0.4, 0.5) is 0 Å². The van der Waals surface area contributed by atoms with E-state index in [1.165, 1.54) is 16.0 Å². The molecular formula is C18H24IN5S. The van der Waals surface area contributed by atoms with E-state index in [9.17, 15) is 0 Å². The molecule has 2 heterocycles. The third-order valence-corrected chi connectivity index (χ3v) is 5.10. The summed E-state index contributed by atoms with van der Waals surface area (Å²) in [5.41, 5.74) is 3.54. The third kappa shape index (κ3) is 4.72. The number of halogens is 1. The van der Waals surface area contributed by atoms with Crippen LogP contribution < -0.4 is 10.6 Å². The Hall–Kier alpha value is -1.61. The minimum absolute atomic E-state index is 0. The van der Waals surface area contributed by atoms with Crippen LogP contribution >= 0.6 is 35.3 Å². The Balaban J connectivity index is 0.00000225. The number of rotatable bonds is 5. The molecule has 25 heavy (non-hydrogen) atoms. The fraction of sp³-hybridized carbons (Fsp3) is 0.333. The van der Waals surface area contributed by atoms with Crippen LogP contribution in [0.15, 0.2) is 40.7 Å². The molecule has 0 fully saturated rings. The molecule has 0 saturated heterocycles. The first-order chi connectivity index (χ1) is 11.7. The van der Waals surface area contributed by atoms with Crippen molar-refractivity contribution in [3.8, 4) is 0 Å². The van der Waals surface area contributed by atoms with Gasteiger partial charge in [-0.15, -0.1) is 35.3 Å². The van der Waals surface area contributed by atoms with Crippen molar-refractivity contribution in [2.75, 3.05) is 13.6 Å². The van der Waals surface area contributed by atoms with E-state index in [-0.39, 0.29) is 24.0 Å². The van der Waals surface area contributed by atoms with E-state index in [4.69, 9.17) is 0 Å². The lowest BCUT2D eigenvalue weighted by Gasteiger charge is -2.13. The summed E-state index contributed by atoms with van der Waals surface area (Å²) >= 11 is 1.77. The molecule has 2 aromatic heterocycles. The summed E-state index contributed by atoms with van der Waals surface area (Å²) in [6, 6.07) is 10.4. The predicted molar refractivity (Wildman–Crippen MR) is 117 cm³/mol. The molecule has 0 aliphatic carbocycles. The van der Waals surface area contributed by atoms with Crippen LogP contribution in [-0.4, -0.2) is 29.1 Å². The zero-order valence-electron chi connectivity index (χ0n) is 14.7. The van der Waals surface area contributed by atoms with Gasteiger partial charge in [-0.3, -0.25) is 4.99 Å². The van der Waals surface area contributed by atoms with Crippen LogP contribution in [0.5, 0.6) is 0 Å². The third-order valence-electron chi connectivity index (χ3n) is 4.08. The number of imidazole rings is 1. The lowest BCUT2D eigenvalue weighted by atomic mass is 10.3. The summed E-state index contributed by atoms with van der Waals surface area (Å²) in [7, 11) is 1.80. The van der Waals surface area contributed by atoms with Gasteiger partial charge in [0.15, 0.2) is 5.96 Å². The van der Waals surface area contributed by atoms with Crippen LogP contribution in [0.2, 0.25) is 0 Å². The highest BCUT2D eigenvalue weighted by Crippen LogP contribution is 2.15. The number of guanidine groups is 1. The lowest BCUT2D eigenvalue weighted by Crippen LogP contribution is -2.38. The maximum absolute atomic E-state index is 4.60. The quantitative estimate of drug-likeness (QED) is 0.341. The van der Waals surface area contributed by atoms with Crippen LogP contribution in [0.1, 0.15) is 16.3 Å². The van der Waals surface area contributed by atoms with E-state index >= 15 is 0 Å². The Morgan fingerprint density at radius 3 is 2.72 bits per heavy atom. The number of nitrogens with one attached hydrogen (secondary N) is 2. The minimum atomic E-state index is 0. The molecule has 134 valence electrons. The van der Waals surface area contributed by atoms with Gasteiger partial charge < -0.3 is 15.2 Å². The van der Waals surface area contributed by atoms with Crippen molar-refractivity contribution in [3.05, 3.63) is 52.0 Å². The summed E-state index contributed by atoms with van der Waals surface area (Å²) in [6.07, 6.45) is 0. The van der Waals surface area contributed by atoms with Crippen molar-refractivity contribution in [1.82, 2.24) is 20.2 Å². The summed E-state index contributed by atoms with van der Waals surface area (Å²) in [6.45, 7) is 6.63. The summed E-state index contributed by atoms with van der Waals surface area (Å²) in [5.74, 6) is 1.86. The van der Waals surface area contributed by atoms with Crippen molar-refractivity contribution >= 4 is 52.3 Å². The van der Waals surface area contributed by atoms with E-state index in [1.807, 2.05) is 13.0 Å². The number of hydrogen-bond donors (Lipinski definition) is 2. The van der Waals surface area contributed by atoms with Crippen LogP contribution in [0.25, 0.3) is 11.0 Å². The van der Waals surface area contributed by atoms with Gasteiger partial charge in [-0.1, -0.05) is 12.1 Å². The van der Waals surface area contributed by atoms with Crippen molar-refractivity contribution < 1.29 is 0 Å². The second-order valence-corrected chi connectivity index (χ2v) is 6.68. The van der Waals surface area contributed by atoms with Crippen molar-refractivity contribution in [3.63, 3.8) is 0 Å². The summed E-state index contributed by atoms with van der Waals surface area (Å²) in [4.78, 5) is 10.2. The van der Waals surface area contributed by atoms with Gasteiger partial charge in [0, 0.05) is 25.0 Å². The van der Waals surface area contributed by atoms with Gasteiger partial charge >= 0.3 is 0 Å². The molecule has 2 N–H and O–H groups in total. The predicted octanol–water partition coefficient (Wildman–Crippen LogP) is 3.70. The molecule has 0 radical (unpaired) electrons. The van der Waals surface area contributed by atoms with Crippen LogP contribution in [0, 0.1) is 13.8 Å². The number of benzene rings is 1. The molecule has 1 aromatic carbocycles. The largest absolute Gasteiger partial charge is 0.355 e. The highest BCUT2D eigenvalue weighted by Gasteiger charge is 2.07. The van der Waals surface area contributed by atoms with E-state index in [1.54, 1.807) is 18.4 Å². The molecule has 0 atom stereocenters. The molecule has 3 rings (SSSR count). The fourth-order valence-corrected chi connectivity index (χ4v) is 3.58. The van der Waals surface area contributed by atoms with Crippen molar-refractivity contribution in [2.24, 2.45) is 4.99 Å². The first-order valence-electron chi connectivity index (χ1n) is 8.08. The number of fused-ring (bicyclic) bond motifs is 1. The Morgan fingerprint density at radius 1 is 1.20 bits per heavy atom. The lowest BCUT2D eigenvalue weighted by molar-refractivity contribution is 0.660. The Morgan fingerprint density at radius 2 is 2.00 bits per heavy atom. The summed E-state index contributed by atoms with van der Waals surface area (Å²) < 4.78 is 2.24. The van der Waals surface area contributed by atoms with E-state index in [2.05, 4.69) is 61.7 Å². The first kappa shape index (κ1) is 19.7. The van der Waals surface area contributed by atoms with Gasteiger partial charge in [0.25, 0.3) is 0 Å². The van der Waals surface area contributed by atoms with Gasteiger partial charge in [0.1, 0.15) is 5.82 Å². The number of para-hydroxylation sites is 2. The standard InChI is InChI=1S/C18H23N5S.HI/c1-13-8-11-24-17(13)12-21-18(19-3)20-9-10-23-14(2)22-15-6-4-5-7-16(15)23;/h4-8,11H,9-10,12H2,1-3H3,(H2,19,20,21);1H. The minimum Gasteiger partial charge on any atom is -0.355 e. The topological polar surface area (TPSA) is 54.2 Å². The highest BCUT2D eigenvalue weighted by atomic mass is 127. The second kappa shape index (κ2) is 9.19. The Kier molecular flexibility index (Phi) is 7.24. The number of aliphatic imine (C=N–C) groups is 1. The van der Waals surface area contributed by atoms with Gasteiger partial charge in [0.2, 0.25) is 0 Å². The average molecular weight is 469 g/mol. The molecule has 0 saturated carbocycles. The first-order valence-corrected chi connectivity index (χ1v) is 8.96. The van der Waals surface area contributed by atoms with Gasteiger partial charge in [-0.25, -0.2) is 4.98 Å². The number of nitrogens with zero attached hydrogens (tertiary/aromatic N) is 3. The number of aryl methyl sites for hydroxylation is 2. The molecule has 0 unspecified atom stereocenters. The smallest absolute Gasteiger partial charge is 0.191 e. The molecule has 7 heteroatoms. The van der Waals surface area contributed by atoms with E-state index in [0.29, 0.717) is 0 Å². The van der Waals surface area contributed by atoms with Gasteiger partial charge in [0.05, 0.1) is 17.6 Å². The monoisotopic (exact) mass is 469 g/mol. The molecule has 0 bridgehead atoms. The van der Waals surface area contributed by atoms with Gasteiger partial charge in [-0.2, -0.15) is 0 Å². The molecular weight excluding hydrogens is 445 g/mol. The maximum atomic E-state index is 4.60. The zero-order valence-corrected chi connectivity index (χ0v) is 17.9. The summed E-state index contributed by atoms with van der Waals surface area (Å²) in [5, 5.41) is 8.87. The van der Waals surface area contributed by atoms with Crippen molar-refractivity contribution in [2.45, 2.75) is 26.9 Å². The van der Waals surface area contributed by atoms with E-state index in [0.717, 1.165) is 36.9 Å². The molecule has 0 aliphatic heterocycles. The SMILES string of the molecule is CN=C(NCCn1c(C)nc2ccccc21)NCc1sccc1C.I. The molecule has 5 nitrogen and oxygen atoms in total. The van der Waals surface area contributed by atoms with Crippen LogP contribution in [0.3, 0.4) is 0 Å². The normalized spacial score (nSPS) is 11.4. The molecule has 3 aromatic rings. The van der Waals surface area contributed by atoms with E-state index < -0.39 is 0 Å². The van der Waals surface area contributed by atoms with Crippen LogP contribution in [-0.2, 0) is 13.1 Å². The molecule has 0 amide bonds. The Labute approximate surface area is 169 Å². The molecule has 0 spiro atoms. The second-order valence-electron chi connectivity index (χ2n) is 5.68. The highest BCUT2D eigenvalue weighted by molar-refractivity contribution is 14.0.